The van der Waals surface area contributed by atoms with E-state index in [-0.39, 0.29) is 10.0 Å². The first kappa shape index (κ1) is 6.12. The number of pyridine rings is 1. The molecule has 0 spiro atoms. The van der Waals surface area contributed by atoms with Gasteiger partial charge in [-0.15, -0.1) is 0 Å². The Hall–Kier alpha value is -0.610. The van der Waals surface area contributed by atoms with Gasteiger partial charge in [0.25, 0.3) is 0 Å². The third-order valence-electron chi connectivity index (χ3n) is 1.34. The molecule has 0 atom stereocenters. The van der Waals surface area contributed by atoms with Gasteiger partial charge < -0.3 is 0 Å². The molecule has 2 rings (SSSR count). The maximum atomic E-state index is 10.8. The first-order valence-electron chi connectivity index (χ1n) is 2.53. The molecule has 0 radical (unpaired) electrons. The van der Waals surface area contributed by atoms with Gasteiger partial charge >= 0.3 is 0 Å². The Labute approximate surface area is 62.6 Å². The smallest absolute Gasteiger partial charge is 0.212 e. The third-order valence-corrected chi connectivity index (χ3v) is 3.41. The lowest BCUT2D eigenvalue weighted by molar-refractivity contribution is 0.612. The van der Waals surface area contributed by atoms with Crippen molar-refractivity contribution in [1.82, 2.24) is 4.98 Å². The van der Waals surface area contributed by atoms with Gasteiger partial charge in [-0.3, -0.25) is 0 Å². The van der Waals surface area contributed by atoms with Crippen LogP contribution >= 0.6 is 11.6 Å². The van der Waals surface area contributed by atoms with Crippen molar-refractivity contribution in [2.75, 3.05) is 0 Å². The molecule has 0 saturated carbocycles. The first-order valence-corrected chi connectivity index (χ1v) is 4.40. The number of halogens is 1. The van der Waals surface area contributed by atoms with Gasteiger partial charge in [0.2, 0.25) is 9.84 Å². The summed E-state index contributed by atoms with van der Waals surface area (Å²) in [5.74, 6) is 0. The van der Waals surface area contributed by atoms with Gasteiger partial charge in [0, 0.05) is 6.20 Å². The molecule has 1 aliphatic rings. The van der Waals surface area contributed by atoms with E-state index >= 15 is 0 Å². The van der Waals surface area contributed by atoms with Crippen LogP contribution in [0.1, 0.15) is 0 Å². The number of hydrogen-bond donors (Lipinski definition) is 0. The molecule has 0 bridgehead atoms. The van der Waals surface area contributed by atoms with Gasteiger partial charge in [-0.1, -0.05) is 11.6 Å². The summed E-state index contributed by atoms with van der Waals surface area (Å²) >= 11 is 5.45. The van der Waals surface area contributed by atoms with Crippen LogP contribution in [0.15, 0.2) is 22.1 Å². The highest BCUT2D eigenvalue weighted by Gasteiger charge is 2.42. The van der Waals surface area contributed by atoms with Crippen molar-refractivity contribution >= 4 is 21.4 Å². The van der Waals surface area contributed by atoms with E-state index in [1.54, 1.807) is 0 Å². The molecule has 52 valence electrons. The zero-order valence-electron chi connectivity index (χ0n) is 4.70. The molecule has 5 heteroatoms. The van der Waals surface area contributed by atoms with E-state index in [4.69, 9.17) is 11.6 Å². The molecule has 10 heavy (non-hydrogen) atoms. The lowest BCUT2D eigenvalue weighted by Crippen LogP contribution is -1.69. The van der Waals surface area contributed by atoms with Crippen LogP contribution in [0.5, 0.6) is 0 Å². The highest BCUT2D eigenvalue weighted by molar-refractivity contribution is 7.97. The van der Waals surface area contributed by atoms with E-state index in [2.05, 4.69) is 4.98 Å². The zero-order chi connectivity index (χ0) is 7.35. The summed E-state index contributed by atoms with van der Waals surface area (Å²) in [7, 11) is -3.10. The van der Waals surface area contributed by atoms with Gasteiger partial charge in [0.05, 0.1) is 4.90 Å². The Kier molecular flexibility index (Phi) is 0.928. The van der Waals surface area contributed by atoms with Crippen molar-refractivity contribution in [1.29, 1.82) is 0 Å². The molecule has 0 fully saturated rings. The quantitative estimate of drug-likeness (QED) is 0.441. The van der Waals surface area contributed by atoms with Gasteiger partial charge in [0.1, 0.15) is 10.0 Å². The highest BCUT2D eigenvalue weighted by Crippen LogP contribution is 2.43. The van der Waals surface area contributed by atoms with Gasteiger partial charge in [-0.05, 0) is 6.07 Å². The standard InChI is InChI=1S/C5H2ClNO2S/c6-5-4-3(1-2-7-5)10(4,8)9/h1-2H. The van der Waals surface area contributed by atoms with Crippen molar-refractivity contribution < 1.29 is 8.42 Å². The van der Waals surface area contributed by atoms with Crippen molar-refractivity contribution in [3.05, 3.63) is 17.4 Å². The Morgan fingerprint density at radius 3 is 2.70 bits per heavy atom. The van der Waals surface area contributed by atoms with Crippen molar-refractivity contribution in [2.24, 2.45) is 0 Å². The molecule has 0 amide bonds. The van der Waals surface area contributed by atoms with E-state index in [9.17, 15) is 8.42 Å². The second kappa shape index (κ2) is 1.52. The SMILES string of the molecule is O=S1(=O)c2ccnc(Cl)c21. The molecule has 0 aromatic carbocycles. The number of sulfone groups is 1. The van der Waals surface area contributed by atoms with Crippen LogP contribution in [-0.2, 0) is 9.84 Å². The Balaban J connectivity index is 2.86. The first-order chi connectivity index (χ1) is 4.64. The lowest BCUT2D eigenvalue weighted by atomic mass is 10.5. The summed E-state index contributed by atoms with van der Waals surface area (Å²) < 4.78 is 21.7. The fraction of sp³-hybridized carbons (Fsp3) is 0. The monoisotopic (exact) mass is 175 g/mol. The third kappa shape index (κ3) is 0.552. The average molecular weight is 176 g/mol. The van der Waals surface area contributed by atoms with Crippen LogP contribution < -0.4 is 0 Å². The minimum Gasteiger partial charge on any atom is -0.243 e. The number of rotatable bonds is 0. The van der Waals surface area contributed by atoms with Crippen molar-refractivity contribution in [3.63, 3.8) is 0 Å². The fourth-order valence-corrected chi connectivity index (χ4v) is 2.63. The maximum Gasteiger partial charge on any atom is 0.212 e. The summed E-state index contributed by atoms with van der Waals surface area (Å²) in [6.45, 7) is 0. The van der Waals surface area contributed by atoms with E-state index < -0.39 is 9.84 Å². The summed E-state index contributed by atoms with van der Waals surface area (Å²) in [6, 6.07) is 1.44. The summed E-state index contributed by atoms with van der Waals surface area (Å²) in [5, 5.41) is 0.0810. The highest BCUT2D eigenvalue weighted by atomic mass is 35.5. The number of hydrogen-bond acceptors (Lipinski definition) is 3. The summed E-state index contributed by atoms with van der Waals surface area (Å²) in [4.78, 5) is 4.12. The molecule has 1 aromatic rings. The molecule has 0 unspecified atom stereocenters. The summed E-state index contributed by atoms with van der Waals surface area (Å²) in [5.41, 5.74) is 0. The van der Waals surface area contributed by atoms with Crippen molar-refractivity contribution in [2.45, 2.75) is 9.79 Å². The molecule has 0 saturated heterocycles. The van der Waals surface area contributed by atoms with Gasteiger partial charge in [-0.2, -0.15) is 0 Å². The van der Waals surface area contributed by atoms with Gasteiger partial charge in [0.15, 0.2) is 0 Å². The summed E-state index contributed by atoms with van der Waals surface area (Å²) in [6.07, 6.45) is 1.38. The van der Waals surface area contributed by atoms with E-state index in [0.717, 1.165) is 0 Å². The lowest BCUT2D eigenvalue weighted by Gasteiger charge is -1.76. The van der Waals surface area contributed by atoms with Crippen molar-refractivity contribution in [3.8, 4) is 0 Å². The van der Waals surface area contributed by atoms with Crippen LogP contribution in [-0.4, -0.2) is 13.4 Å². The Morgan fingerprint density at radius 2 is 2.20 bits per heavy atom. The second-order valence-electron chi connectivity index (χ2n) is 1.93. The minimum atomic E-state index is -3.10. The van der Waals surface area contributed by atoms with Crippen LogP contribution in [0.3, 0.4) is 0 Å². The Morgan fingerprint density at radius 1 is 1.50 bits per heavy atom. The Bertz CT molecular complexity index is 398. The largest absolute Gasteiger partial charge is 0.243 e. The molecular formula is C5H2ClNO2S. The van der Waals surface area contributed by atoms with Crippen LogP contribution in [0.4, 0.5) is 0 Å². The molecule has 0 N–H and O–H groups in total. The fourth-order valence-electron chi connectivity index (χ4n) is 0.815. The molecule has 3 nitrogen and oxygen atoms in total. The molecule has 2 heterocycles. The number of fused-ring (bicyclic) bond motifs is 1. The zero-order valence-corrected chi connectivity index (χ0v) is 6.28. The predicted molar refractivity (Wildman–Crippen MR) is 34.7 cm³/mol. The predicted octanol–water partition coefficient (Wildman–Crippen LogP) is 0.881. The molecule has 1 aromatic heterocycles. The second-order valence-corrected chi connectivity index (χ2v) is 4.15. The minimum absolute atomic E-state index is 0.0810. The molecular weight excluding hydrogens is 174 g/mol. The average Bonchev–Trinajstić information content (AvgIpc) is 2.38. The maximum absolute atomic E-state index is 10.8. The number of aromatic nitrogens is 1. The normalized spacial score (nSPS) is 18.1. The molecule has 0 aliphatic carbocycles. The van der Waals surface area contributed by atoms with Crippen LogP contribution in [0.25, 0.3) is 0 Å². The van der Waals surface area contributed by atoms with Crippen LogP contribution in [0.2, 0.25) is 5.15 Å². The van der Waals surface area contributed by atoms with E-state index in [1.807, 2.05) is 0 Å². The topological polar surface area (TPSA) is 47.0 Å². The number of nitrogens with zero attached hydrogens (tertiary/aromatic N) is 1. The molecule has 1 aliphatic heterocycles. The van der Waals surface area contributed by atoms with E-state index in [1.165, 1.54) is 12.3 Å². The van der Waals surface area contributed by atoms with Gasteiger partial charge in [-0.25, -0.2) is 13.4 Å². The van der Waals surface area contributed by atoms with E-state index in [0.29, 0.717) is 4.90 Å². The van der Waals surface area contributed by atoms with Crippen LogP contribution in [0, 0.1) is 0 Å².